The summed E-state index contributed by atoms with van der Waals surface area (Å²) in [6, 6.07) is 18.5. The summed E-state index contributed by atoms with van der Waals surface area (Å²) in [7, 11) is 0. The van der Waals surface area contributed by atoms with Crippen LogP contribution in [0.25, 0.3) is 0 Å². The Morgan fingerprint density at radius 2 is 1.73 bits per heavy atom. The largest absolute Gasteiger partial charge is 0.486 e. The molecule has 0 spiro atoms. The van der Waals surface area contributed by atoms with Crippen LogP contribution in [0.15, 0.2) is 59.8 Å². The van der Waals surface area contributed by atoms with E-state index in [2.05, 4.69) is 52.9 Å². The lowest BCUT2D eigenvalue weighted by molar-refractivity contribution is -0.129. The van der Waals surface area contributed by atoms with Crippen molar-refractivity contribution in [2.45, 2.75) is 63.1 Å². The molecule has 0 bridgehead atoms. The average Bonchev–Trinajstić information content (AvgIpc) is 3.53. The molecule has 1 fully saturated rings. The zero-order valence-corrected chi connectivity index (χ0v) is 20.4. The van der Waals surface area contributed by atoms with Crippen LogP contribution in [0.1, 0.15) is 56.6 Å². The quantitative estimate of drug-likeness (QED) is 0.411. The molecule has 2 aromatic carbocycles. The highest BCUT2D eigenvalue weighted by Crippen LogP contribution is 2.30. The summed E-state index contributed by atoms with van der Waals surface area (Å²) >= 11 is 1.48. The first-order valence-corrected chi connectivity index (χ1v) is 12.6. The summed E-state index contributed by atoms with van der Waals surface area (Å²) in [5.74, 6) is 1.73. The van der Waals surface area contributed by atoms with Crippen molar-refractivity contribution >= 4 is 17.7 Å². The average molecular weight is 465 g/mol. The number of hydrogen-bond acceptors (Lipinski definition) is 5. The van der Waals surface area contributed by atoms with Crippen molar-refractivity contribution in [2.24, 2.45) is 0 Å². The molecule has 6 nitrogen and oxygen atoms in total. The number of carbonyl (C=O) groups is 1. The molecule has 0 aliphatic carbocycles. The van der Waals surface area contributed by atoms with Crippen molar-refractivity contribution < 1.29 is 9.53 Å². The summed E-state index contributed by atoms with van der Waals surface area (Å²) in [6.07, 6.45) is 3.17. The van der Waals surface area contributed by atoms with Gasteiger partial charge in [0.05, 0.1) is 11.3 Å². The van der Waals surface area contributed by atoms with E-state index in [0.717, 1.165) is 54.6 Å². The van der Waals surface area contributed by atoms with Gasteiger partial charge >= 0.3 is 0 Å². The number of aryl methyl sites for hydroxylation is 1. The topological polar surface area (TPSA) is 60.3 Å². The molecular formula is C26H32N4O2S. The van der Waals surface area contributed by atoms with Crippen molar-refractivity contribution in [2.75, 3.05) is 13.1 Å². The predicted molar refractivity (Wildman–Crippen MR) is 132 cm³/mol. The molecule has 0 N–H and O–H groups in total. The fraction of sp³-hybridized carbons (Fsp3) is 0.423. The van der Waals surface area contributed by atoms with Gasteiger partial charge in [-0.05, 0) is 56.4 Å². The molecule has 174 valence electrons. The second-order valence-corrected chi connectivity index (χ2v) is 9.74. The Morgan fingerprint density at radius 3 is 2.39 bits per heavy atom. The number of amides is 1. The van der Waals surface area contributed by atoms with Crippen molar-refractivity contribution in [3.63, 3.8) is 0 Å². The number of aromatic nitrogens is 3. The fourth-order valence-electron chi connectivity index (χ4n) is 4.13. The van der Waals surface area contributed by atoms with Crippen molar-refractivity contribution in [3.8, 4) is 5.75 Å². The lowest BCUT2D eigenvalue weighted by Crippen LogP contribution is -2.34. The molecule has 1 saturated heterocycles. The van der Waals surface area contributed by atoms with Gasteiger partial charge in [0.15, 0.2) is 11.0 Å². The van der Waals surface area contributed by atoms with Crippen LogP contribution in [0.4, 0.5) is 0 Å². The highest BCUT2D eigenvalue weighted by molar-refractivity contribution is 8.00. The van der Waals surface area contributed by atoms with Crippen LogP contribution in [-0.4, -0.2) is 43.9 Å². The van der Waals surface area contributed by atoms with Gasteiger partial charge in [0.1, 0.15) is 12.4 Å². The molecule has 1 aliphatic rings. The molecule has 33 heavy (non-hydrogen) atoms. The number of ether oxygens (including phenoxy) is 1. The molecule has 2 atom stereocenters. The van der Waals surface area contributed by atoms with Crippen LogP contribution >= 0.6 is 11.8 Å². The van der Waals surface area contributed by atoms with Crippen LogP contribution in [0.5, 0.6) is 5.75 Å². The van der Waals surface area contributed by atoms with Crippen LogP contribution in [0.3, 0.4) is 0 Å². The Kier molecular flexibility index (Phi) is 7.70. The van der Waals surface area contributed by atoms with E-state index < -0.39 is 0 Å². The maximum Gasteiger partial charge on any atom is 0.235 e. The Bertz CT molecular complexity index is 1050. The summed E-state index contributed by atoms with van der Waals surface area (Å²) in [5, 5.41) is 9.46. The number of rotatable bonds is 9. The van der Waals surface area contributed by atoms with E-state index in [9.17, 15) is 4.79 Å². The van der Waals surface area contributed by atoms with E-state index in [-0.39, 0.29) is 17.2 Å². The summed E-state index contributed by atoms with van der Waals surface area (Å²) in [6.45, 7) is 8.25. The predicted octanol–water partition coefficient (Wildman–Crippen LogP) is 5.13. The third-order valence-corrected chi connectivity index (χ3v) is 7.20. The molecule has 4 rings (SSSR count). The number of nitrogens with zero attached hydrogens (tertiary/aromatic N) is 4. The number of likely N-dealkylation sites (tertiary alicyclic amines) is 1. The van der Waals surface area contributed by atoms with Crippen LogP contribution in [0.2, 0.25) is 0 Å². The van der Waals surface area contributed by atoms with Crippen molar-refractivity contribution in [1.82, 2.24) is 19.7 Å². The van der Waals surface area contributed by atoms with Crippen molar-refractivity contribution in [3.05, 3.63) is 71.5 Å². The Labute approximate surface area is 200 Å². The maximum absolute atomic E-state index is 12.9. The van der Waals surface area contributed by atoms with E-state index in [1.165, 1.54) is 17.3 Å². The van der Waals surface area contributed by atoms with Crippen LogP contribution < -0.4 is 4.74 Å². The molecule has 1 aromatic heterocycles. The van der Waals surface area contributed by atoms with Gasteiger partial charge in [0.2, 0.25) is 5.91 Å². The van der Waals surface area contributed by atoms with E-state index in [1.807, 2.05) is 42.2 Å². The van der Waals surface area contributed by atoms with Crippen molar-refractivity contribution in [1.29, 1.82) is 0 Å². The number of carbonyl (C=O) groups excluding carboxylic acids is 1. The SMILES string of the molecule is CCc1ccc(OCc2nnc(SC(C)C(=O)N3CCCC3)n2C(C)c2ccccc2)cc1. The number of benzene rings is 2. The van der Waals surface area contributed by atoms with Gasteiger partial charge in [0.25, 0.3) is 0 Å². The minimum atomic E-state index is -0.218. The van der Waals surface area contributed by atoms with Gasteiger partial charge in [0, 0.05) is 13.1 Å². The van der Waals surface area contributed by atoms with E-state index >= 15 is 0 Å². The minimum Gasteiger partial charge on any atom is -0.486 e. The van der Waals surface area contributed by atoms with Gasteiger partial charge in [-0.15, -0.1) is 10.2 Å². The fourth-order valence-corrected chi connectivity index (χ4v) is 5.16. The van der Waals surface area contributed by atoms with E-state index in [4.69, 9.17) is 4.74 Å². The summed E-state index contributed by atoms with van der Waals surface area (Å²) in [5.41, 5.74) is 2.43. The molecule has 7 heteroatoms. The molecule has 3 aromatic rings. The smallest absolute Gasteiger partial charge is 0.235 e. The normalized spacial score (nSPS) is 15.4. The van der Waals surface area contributed by atoms with Gasteiger partial charge in [-0.1, -0.05) is 61.2 Å². The van der Waals surface area contributed by atoms with Gasteiger partial charge in [-0.3, -0.25) is 9.36 Å². The lowest BCUT2D eigenvalue weighted by Gasteiger charge is -2.22. The highest BCUT2D eigenvalue weighted by Gasteiger charge is 2.27. The van der Waals surface area contributed by atoms with Gasteiger partial charge < -0.3 is 9.64 Å². The lowest BCUT2D eigenvalue weighted by atomic mass is 10.1. The molecule has 1 aliphatic heterocycles. The van der Waals surface area contributed by atoms with Gasteiger partial charge in [-0.2, -0.15) is 0 Å². The standard InChI is InChI=1S/C26H32N4O2S/c1-4-21-12-14-23(15-13-21)32-18-24-27-28-26(30(24)19(2)22-10-6-5-7-11-22)33-20(3)25(31)29-16-8-9-17-29/h5-7,10-15,19-20H,4,8-9,16-18H2,1-3H3. The number of thioether (sulfide) groups is 1. The Balaban J connectivity index is 1.56. The first kappa shape index (κ1) is 23.4. The summed E-state index contributed by atoms with van der Waals surface area (Å²) in [4.78, 5) is 14.9. The Hall–Kier alpha value is -2.80. The molecule has 2 heterocycles. The Morgan fingerprint density at radius 1 is 1.03 bits per heavy atom. The number of hydrogen-bond donors (Lipinski definition) is 0. The van der Waals surface area contributed by atoms with E-state index in [1.54, 1.807) is 0 Å². The molecular weight excluding hydrogens is 432 g/mol. The zero-order valence-electron chi connectivity index (χ0n) is 19.6. The third kappa shape index (κ3) is 5.58. The maximum atomic E-state index is 12.9. The molecule has 2 unspecified atom stereocenters. The van der Waals surface area contributed by atoms with Crippen LogP contribution in [0, 0.1) is 0 Å². The highest BCUT2D eigenvalue weighted by atomic mass is 32.2. The van der Waals surface area contributed by atoms with Gasteiger partial charge in [-0.25, -0.2) is 0 Å². The first-order chi connectivity index (χ1) is 16.1. The van der Waals surface area contributed by atoms with E-state index in [0.29, 0.717) is 6.61 Å². The third-order valence-electron chi connectivity index (χ3n) is 6.15. The molecule has 1 amide bonds. The summed E-state index contributed by atoms with van der Waals surface area (Å²) < 4.78 is 8.16. The van der Waals surface area contributed by atoms with Crippen LogP contribution in [-0.2, 0) is 17.8 Å². The second kappa shape index (κ2) is 10.9. The zero-order chi connectivity index (χ0) is 23.2. The molecule has 0 saturated carbocycles. The second-order valence-electron chi connectivity index (χ2n) is 8.43. The monoisotopic (exact) mass is 464 g/mol. The molecule has 0 radical (unpaired) electrons. The minimum absolute atomic E-state index is 0.0128. The first-order valence-electron chi connectivity index (χ1n) is 11.7.